The van der Waals surface area contributed by atoms with Crippen LogP contribution < -0.4 is 0 Å². The molecule has 0 unspecified atom stereocenters. The highest BCUT2D eigenvalue weighted by molar-refractivity contribution is 6.05. The van der Waals surface area contributed by atoms with Gasteiger partial charge in [-0.15, -0.1) is 0 Å². The Labute approximate surface area is 131 Å². The van der Waals surface area contributed by atoms with Gasteiger partial charge in [0.05, 0.1) is 0 Å². The lowest BCUT2D eigenvalue weighted by Crippen LogP contribution is -2.33. The summed E-state index contributed by atoms with van der Waals surface area (Å²) in [5.41, 5.74) is 1.44. The fourth-order valence-corrected chi connectivity index (χ4v) is 3.39. The van der Waals surface area contributed by atoms with Gasteiger partial charge in [-0.2, -0.15) is 0 Å². The third-order valence-corrected chi connectivity index (χ3v) is 4.56. The number of benzene rings is 2. The summed E-state index contributed by atoms with van der Waals surface area (Å²) in [5, 5.41) is 0. The number of ketones is 2. The molecule has 1 aliphatic carbocycles. The number of hydrogen-bond acceptors (Lipinski definition) is 2. The number of rotatable bonds is 4. The number of hydrogen-bond donors (Lipinski definition) is 0. The van der Waals surface area contributed by atoms with Crippen molar-refractivity contribution in [2.24, 2.45) is 11.8 Å². The van der Waals surface area contributed by atoms with E-state index in [1.54, 1.807) is 0 Å². The first-order valence-corrected chi connectivity index (χ1v) is 7.96. The summed E-state index contributed by atoms with van der Waals surface area (Å²) in [5.74, 6) is -0.114. The van der Waals surface area contributed by atoms with Crippen LogP contribution in [0.5, 0.6) is 0 Å². The zero-order valence-corrected chi connectivity index (χ0v) is 12.6. The van der Waals surface area contributed by atoms with Gasteiger partial charge in [-0.25, -0.2) is 0 Å². The summed E-state index contributed by atoms with van der Waals surface area (Å²) < 4.78 is 0. The molecular formula is C20H20O2. The van der Waals surface area contributed by atoms with Crippen LogP contribution in [0, 0.1) is 11.8 Å². The van der Waals surface area contributed by atoms with Crippen molar-refractivity contribution in [2.75, 3.05) is 0 Å². The molecule has 1 aliphatic rings. The molecule has 2 aromatic carbocycles. The van der Waals surface area contributed by atoms with E-state index >= 15 is 0 Å². The van der Waals surface area contributed by atoms with E-state index in [1.165, 1.54) is 0 Å². The Bertz CT molecular complexity index is 586. The Hall–Kier alpha value is -2.22. The highest BCUT2D eigenvalue weighted by atomic mass is 16.1. The van der Waals surface area contributed by atoms with Crippen molar-refractivity contribution in [3.05, 3.63) is 71.8 Å². The van der Waals surface area contributed by atoms with Crippen molar-refractivity contribution >= 4 is 11.6 Å². The second-order valence-corrected chi connectivity index (χ2v) is 5.96. The predicted octanol–water partition coefficient (Wildman–Crippen LogP) is 4.56. The van der Waals surface area contributed by atoms with Crippen molar-refractivity contribution in [3.8, 4) is 0 Å². The van der Waals surface area contributed by atoms with Crippen molar-refractivity contribution in [1.29, 1.82) is 0 Å². The van der Waals surface area contributed by atoms with E-state index in [9.17, 15) is 9.59 Å². The van der Waals surface area contributed by atoms with Crippen molar-refractivity contribution in [1.82, 2.24) is 0 Å². The van der Waals surface area contributed by atoms with Crippen LogP contribution in [0.25, 0.3) is 0 Å². The van der Waals surface area contributed by atoms with Crippen molar-refractivity contribution in [3.63, 3.8) is 0 Å². The van der Waals surface area contributed by atoms with Gasteiger partial charge in [-0.1, -0.05) is 73.5 Å². The lowest BCUT2D eigenvalue weighted by atomic mass is 9.72. The third-order valence-electron chi connectivity index (χ3n) is 4.56. The smallest absolute Gasteiger partial charge is 0.166 e. The molecule has 0 saturated heterocycles. The van der Waals surface area contributed by atoms with Crippen molar-refractivity contribution < 1.29 is 9.59 Å². The molecule has 0 heterocycles. The molecule has 0 spiro atoms. The fourth-order valence-electron chi connectivity index (χ4n) is 3.39. The van der Waals surface area contributed by atoms with Gasteiger partial charge in [0, 0.05) is 23.0 Å². The Morgan fingerprint density at radius 3 is 1.36 bits per heavy atom. The molecule has 2 atom stereocenters. The standard InChI is InChI=1S/C20H20O2/c21-19(15-9-3-1-4-10-15)17-13-7-8-14-18(17)20(22)16-11-5-2-6-12-16/h1-6,9-12,17-18H,7-8,13-14H2/t17-,18-/m1/s1. The summed E-state index contributed by atoms with van der Waals surface area (Å²) in [7, 11) is 0. The topological polar surface area (TPSA) is 34.1 Å². The maximum Gasteiger partial charge on any atom is 0.166 e. The summed E-state index contributed by atoms with van der Waals surface area (Å²) >= 11 is 0. The summed E-state index contributed by atoms with van der Waals surface area (Å²) in [6.07, 6.45) is 3.69. The van der Waals surface area contributed by atoms with Crippen LogP contribution in [0.3, 0.4) is 0 Å². The molecule has 22 heavy (non-hydrogen) atoms. The van der Waals surface area contributed by atoms with E-state index in [4.69, 9.17) is 0 Å². The van der Waals surface area contributed by atoms with Gasteiger partial charge in [0.15, 0.2) is 11.6 Å². The molecule has 0 N–H and O–H groups in total. The van der Waals surface area contributed by atoms with Gasteiger partial charge >= 0.3 is 0 Å². The lowest BCUT2D eigenvalue weighted by Gasteiger charge is -2.29. The highest BCUT2D eigenvalue weighted by Crippen LogP contribution is 2.34. The van der Waals surface area contributed by atoms with E-state index in [0.717, 1.165) is 36.8 Å². The van der Waals surface area contributed by atoms with Crippen LogP contribution in [-0.2, 0) is 0 Å². The fraction of sp³-hybridized carbons (Fsp3) is 0.300. The summed E-state index contributed by atoms with van der Waals surface area (Å²) in [6, 6.07) is 18.7. The van der Waals surface area contributed by atoms with Crippen LogP contribution >= 0.6 is 0 Å². The zero-order valence-electron chi connectivity index (χ0n) is 12.6. The van der Waals surface area contributed by atoms with Crippen LogP contribution in [0.2, 0.25) is 0 Å². The molecule has 2 aromatic rings. The zero-order chi connectivity index (χ0) is 15.4. The number of Topliss-reactive ketones (excluding diaryl/α,β-unsaturated/α-hetero) is 2. The molecule has 112 valence electrons. The minimum atomic E-state index is -0.177. The number of carbonyl (C=O) groups excluding carboxylic acids is 2. The quantitative estimate of drug-likeness (QED) is 0.774. The van der Waals surface area contributed by atoms with Gasteiger partial charge < -0.3 is 0 Å². The maximum atomic E-state index is 12.8. The SMILES string of the molecule is O=C(c1ccccc1)[C@@H]1CCCC[C@H]1C(=O)c1ccccc1. The van der Waals surface area contributed by atoms with Gasteiger partial charge in [0.1, 0.15) is 0 Å². The van der Waals surface area contributed by atoms with E-state index in [2.05, 4.69) is 0 Å². The third kappa shape index (κ3) is 3.01. The largest absolute Gasteiger partial charge is 0.294 e. The Morgan fingerprint density at radius 1 is 0.636 bits per heavy atom. The van der Waals surface area contributed by atoms with E-state index in [-0.39, 0.29) is 23.4 Å². The second kappa shape index (κ2) is 6.69. The molecule has 0 aromatic heterocycles. The normalized spacial score (nSPS) is 21.3. The van der Waals surface area contributed by atoms with Crippen LogP contribution in [0.1, 0.15) is 46.4 Å². The highest BCUT2D eigenvalue weighted by Gasteiger charge is 2.36. The second-order valence-electron chi connectivity index (χ2n) is 5.96. The van der Waals surface area contributed by atoms with E-state index in [0.29, 0.717) is 0 Å². The molecule has 0 radical (unpaired) electrons. The Kier molecular flexibility index (Phi) is 4.47. The van der Waals surface area contributed by atoms with Crippen LogP contribution in [0.15, 0.2) is 60.7 Å². The molecule has 3 rings (SSSR count). The average Bonchev–Trinajstić information content (AvgIpc) is 2.62. The first kappa shape index (κ1) is 14.7. The molecule has 0 bridgehead atoms. The molecule has 0 amide bonds. The maximum absolute atomic E-state index is 12.8. The molecule has 1 saturated carbocycles. The van der Waals surface area contributed by atoms with E-state index in [1.807, 2.05) is 60.7 Å². The van der Waals surface area contributed by atoms with Crippen molar-refractivity contribution in [2.45, 2.75) is 25.7 Å². The Balaban J connectivity index is 1.86. The predicted molar refractivity (Wildman–Crippen MR) is 87.0 cm³/mol. The van der Waals surface area contributed by atoms with Gasteiger partial charge in [-0.05, 0) is 12.8 Å². The van der Waals surface area contributed by atoms with Gasteiger partial charge in [0.2, 0.25) is 0 Å². The monoisotopic (exact) mass is 292 g/mol. The summed E-state index contributed by atoms with van der Waals surface area (Å²) in [6.45, 7) is 0. The first-order valence-electron chi connectivity index (χ1n) is 7.96. The summed E-state index contributed by atoms with van der Waals surface area (Å²) in [4.78, 5) is 25.6. The van der Waals surface area contributed by atoms with Gasteiger partial charge in [-0.3, -0.25) is 9.59 Å². The number of carbonyl (C=O) groups is 2. The van der Waals surface area contributed by atoms with E-state index < -0.39 is 0 Å². The molecule has 2 heteroatoms. The van der Waals surface area contributed by atoms with Gasteiger partial charge in [0.25, 0.3) is 0 Å². The molecule has 2 nitrogen and oxygen atoms in total. The molecule has 1 fully saturated rings. The minimum absolute atomic E-state index is 0.120. The van der Waals surface area contributed by atoms with Crippen LogP contribution in [0.4, 0.5) is 0 Å². The van der Waals surface area contributed by atoms with Crippen LogP contribution in [-0.4, -0.2) is 11.6 Å². The molecular weight excluding hydrogens is 272 g/mol. The average molecular weight is 292 g/mol. The Morgan fingerprint density at radius 2 is 1.00 bits per heavy atom. The first-order chi connectivity index (χ1) is 10.8. The lowest BCUT2D eigenvalue weighted by molar-refractivity contribution is 0.0709. The molecule has 0 aliphatic heterocycles. The minimum Gasteiger partial charge on any atom is -0.294 e.